The average molecular weight is 365 g/mol. The van der Waals surface area contributed by atoms with E-state index in [0.717, 1.165) is 34.2 Å². The van der Waals surface area contributed by atoms with Gasteiger partial charge in [-0.25, -0.2) is 0 Å². The minimum absolute atomic E-state index is 0.0828. The number of rotatable bonds is 4. The number of nitrogens with zero attached hydrogens (tertiary/aromatic N) is 2. The van der Waals surface area contributed by atoms with Crippen molar-refractivity contribution in [2.75, 3.05) is 0 Å². The van der Waals surface area contributed by atoms with Crippen LogP contribution in [0.5, 0.6) is 0 Å². The molecule has 4 rings (SSSR count). The SMILES string of the molecule is N#Cc1cccc(C2=C(C(N)=O)CCC2c2ccc(-c3cccnc3)cc2)c1. The topological polar surface area (TPSA) is 79.8 Å². The summed E-state index contributed by atoms with van der Waals surface area (Å²) in [6.07, 6.45) is 5.08. The molecule has 1 aliphatic carbocycles. The highest BCUT2D eigenvalue weighted by atomic mass is 16.1. The molecular formula is C24H19N3O. The highest BCUT2D eigenvalue weighted by Crippen LogP contribution is 2.45. The molecule has 0 radical (unpaired) electrons. The molecule has 1 aliphatic rings. The number of aromatic nitrogens is 1. The summed E-state index contributed by atoms with van der Waals surface area (Å²) in [6, 6.07) is 21.9. The summed E-state index contributed by atoms with van der Waals surface area (Å²) in [6.45, 7) is 0. The van der Waals surface area contributed by atoms with E-state index >= 15 is 0 Å². The fourth-order valence-electron chi connectivity index (χ4n) is 3.94. The second kappa shape index (κ2) is 7.50. The molecule has 0 saturated heterocycles. The van der Waals surface area contributed by atoms with E-state index in [1.54, 1.807) is 12.3 Å². The van der Waals surface area contributed by atoms with E-state index in [1.807, 2.05) is 36.5 Å². The normalized spacial score (nSPS) is 16.0. The Bertz CT molecular complexity index is 1090. The van der Waals surface area contributed by atoms with Gasteiger partial charge in [0.25, 0.3) is 0 Å². The van der Waals surface area contributed by atoms with E-state index in [9.17, 15) is 10.1 Å². The summed E-state index contributed by atoms with van der Waals surface area (Å²) in [4.78, 5) is 16.2. The number of nitrogens with two attached hydrogens (primary N) is 1. The quantitative estimate of drug-likeness (QED) is 0.742. The molecule has 136 valence electrons. The first kappa shape index (κ1) is 17.7. The van der Waals surface area contributed by atoms with Crippen molar-refractivity contribution in [2.45, 2.75) is 18.8 Å². The lowest BCUT2D eigenvalue weighted by molar-refractivity contribution is -0.114. The van der Waals surface area contributed by atoms with Crippen LogP contribution < -0.4 is 5.73 Å². The van der Waals surface area contributed by atoms with Crippen molar-refractivity contribution in [3.63, 3.8) is 0 Å². The van der Waals surface area contributed by atoms with E-state index in [4.69, 9.17) is 5.73 Å². The summed E-state index contributed by atoms with van der Waals surface area (Å²) < 4.78 is 0. The third-order valence-corrected chi connectivity index (χ3v) is 5.26. The number of primary amides is 1. The van der Waals surface area contributed by atoms with Crippen molar-refractivity contribution in [3.8, 4) is 17.2 Å². The number of nitriles is 1. The second-order valence-corrected chi connectivity index (χ2v) is 6.90. The summed E-state index contributed by atoms with van der Waals surface area (Å²) in [5, 5.41) is 9.24. The Hall–Kier alpha value is -3.71. The van der Waals surface area contributed by atoms with Crippen LogP contribution in [0.15, 0.2) is 78.6 Å². The van der Waals surface area contributed by atoms with Crippen LogP contribution in [0.2, 0.25) is 0 Å². The maximum atomic E-state index is 12.0. The van der Waals surface area contributed by atoms with Crippen molar-refractivity contribution < 1.29 is 4.79 Å². The Morgan fingerprint density at radius 2 is 1.82 bits per heavy atom. The van der Waals surface area contributed by atoms with Gasteiger partial charge in [-0.1, -0.05) is 42.5 Å². The number of pyridine rings is 1. The standard InChI is InChI=1S/C24H19N3O/c25-14-16-3-1-4-19(13-16)23-21(10-11-22(23)24(26)28)18-8-6-17(7-9-18)20-5-2-12-27-15-20/h1-9,12-13,15,21H,10-11H2,(H2,26,28). The monoisotopic (exact) mass is 365 g/mol. The Morgan fingerprint density at radius 1 is 1.04 bits per heavy atom. The van der Waals surface area contributed by atoms with Gasteiger partial charge in [0, 0.05) is 23.9 Å². The lowest BCUT2D eigenvalue weighted by atomic mass is 9.86. The molecule has 2 N–H and O–H groups in total. The van der Waals surface area contributed by atoms with E-state index < -0.39 is 0 Å². The molecule has 1 heterocycles. The Balaban J connectivity index is 1.74. The van der Waals surface area contributed by atoms with Gasteiger partial charge in [0.1, 0.15) is 0 Å². The number of allylic oxidation sites excluding steroid dienone is 1. The Morgan fingerprint density at radius 3 is 2.50 bits per heavy atom. The number of carbonyl (C=O) groups is 1. The highest BCUT2D eigenvalue weighted by molar-refractivity contribution is 6.02. The van der Waals surface area contributed by atoms with Gasteiger partial charge in [-0.05, 0) is 58.9 Å². The van der Waals surface area contributed by atoms with Crippen LogP contribution in [-0.2, 0) is 4.79 Å². The number of benzene rings is 2. The molecule has 0 bridgehead atoms. The van der Waals surface area contributed by atoms with E-state index in [1.165, 1.54) is 0 Å². The van der Waals surface area contributed by atoms with Crippen LogP contribution in [0.1, 0.15) is 35.4 Å². The Labute approximate surface area is 164 Å². The van der Waals surface area contributed by atoms with Gasteiger partial charge >= 0.3 is 0 Å². The molecule has 2 aromatic carbocycles. The predicted molar refractivity (Wildman–Crippen MR) is 109 cm³/mol. The molecule has 0 fully saturated rings. The molecule has 0 saturated carbocycles. The first-order chi connectivity index (χ1) is 13.7. The average Bonchev–Trinajstić information content (AvgIpc) is 3.20. The smallest absolute Gasteiger partial charge is 0.244 e. The van der Waals surface area contributed by atoms with Crippen LogP contribution in [-0.4, -0.2) is 10.9 Å². The van der Waals surface area contributed by atoms with Crippen molar-refractivity contribution >= 4 is 11.5 Å². The lowest BCUT2D eigenvalue weighted by Gasteiger charge is -2.17. The lowest BCUT2D eigenvalue weighted by Crippen LogP contribution is -2.14. The number of hydrogen-bond acceptors (Lipinski definition) is 3. The zero-order valence-corrected chi connectivity index (χ0v) is 15.3. The third kappa shape index (κ3) is 3.30. The predicted octanol–water partition coefficient (Wildman–Crippen LogP) is 4.44. The van der Waals surface area contributed by atoms with Crippen molar-refractivity contribution in [1.82, 2.24) is 4.98 Å². The summed E-state index contributed by atoms with van der Waals surface area (Å²) in [7, 11) is 0. The highest BCUT2D eigenvalue weighted by Gasteiger charge is 2.30. The van der Waals surface area contributed by atoms with Crippen molar-refractivity contribution in [3.05, 3.63) is 95.3 Å². The first-order valence-corrected chi connectivity index (χ1v) is 9.21. The molecule has 0 spiro atoms. The van der Waals surface area contributed by atoms with Crippen LogP contribution in [0.3, 0.4) is 0 Å². The number of amides is 1. The fraction of sp³-hybridized carbons (Fsp3) is 0.125. The third-order valence-electron chi connectivity index (χ3n) is 5.26. The zero-order valence-electron chi connectivity index (χ0n) is 15.3. The maximum absolute atomic E-state index is 12.0. The van der Waals surface area contributed by atoms with Crippen LogP contribution >= 0.6 is 0 Å². The van der Waals surface area contributed by atoms with Gasteiger partial charge in [-0.2, -0.15) is 5.26 Å². The van der Waals surface area contributed by atoms with Crippen LogP contribution in [0, 0.1) is 11.3 Å². The number of hydrogen-bond donors (Lipinski definition) is 1. The van der Waals surface area contributed by atoms with Crippen molar-refractivity contribution in [2.24, 2.45) is 5.73 Å². The maximum Gasteiger partial charge on any atom is 0.244 e. The summed E-state index contributed by atoms with van der Waals surface area (Å²) in [5.74, 6) is -0.300. The minimum Gasteiger partial charge on any atom is -0.366 e. The van der Waals surface area contributed by atoms with E-state index in [-0.39, 0.29) is 11.8 Å². The van der Waals surface area contributed by atoms with Crippen LogP contribution in [0.4, 0.5) is 0 Å². The molecule has 28 heavy (non-hydrogen) atoms. The van der Waals surface area contributed by atoms with Crippen molar-refractivity contribution in [1.29, 1.82) is 5.26 Å². The van der Waals surface area contributed by atoms with Gasteiger partial charge in [-0.3, -0.25) is 9.78 Å². The molecule has 4 heteroatoms. The first-order valence-electron chi connectivity index (χ1n) is 9.21. The van der Waals surface area contributed by atoms with Gasteiger partial charge < -0.3 is 5.73 Å². The molecular weight excluding hydrogens is 346 g/mol. The van der Waals surface area contributed by atoms with E-state index in [0.29, 0.717) is 17.6 Å². The molecule has 1 aromatic heterocycles. The van der Waals surface area contributed by atoms with E-state index in [2.05, 4.69) is 35.3 Å². The number of carbonyl (C=O) groups excluding carboxylic acids is 1. The fourth-order valence-corrected chi connectivity index (χ4v) is 3.94. The summed E-state index contributed by atoms with van der Waals surface area (Å²) >= 11 is 0. The largest absolute Gasteiger partial charge is 0.366 e. The Kier molecular flexibility index (Phi) is 4.74. The molecule has 0 aliphatic heterocycles. The van der Waals surface area contributed by atoms with Gasteiger partial charge in [0.15, 0.2) is 0 Å². The second-order valence-electron chi connectivity index (χ2n) is 6.90. The van der Waals surface area contributed by atoms with Gasteiger partial charge in [-0.15, -0.1) is 0 Å². The van der Waals surface area contributed by atoms with Gasteiger partial charge in [0.05, 0.1) is 11.6 Å². The molecule has 1 amide bonds. The molecule has 1 unspecified atom stereocenters. The zero-order chi connectivity index (χ0) is 19.5. The molecule has 1 atom stereocenters. The molecule has 4 nitrogen and oxygen atoms in total. The molecule has 3 aromatic rings. The van der Waals surface area contributed by atoms with Gasteiger partial charge in [0.2, 0.25) is 5.91 Å². The van der Waals surface area contributed by atoms with Crippen LogP contribution in [0.25, 0.3) is 16.7 Å². The summed E-state index contributed by atoms with van der Waals surface area (Å²) in [5.41, 5.74) is 12.0. The minimum atomic E-state index is -0.383.